The minimum absolute atomic E-state index is 0.0306. The summed E-state index contributed by atoms with van der Waals surface area (Å²) < 4.78 is 19.1. The number of primary amides is 1. The van der Waals surface area contributed by atoms with E-state index in [0.717, 1.165) is 38.2 Å². The van der Waals surface area contributed by atoms with E-state index in [1.165, 1.54) is 12.1 Å². The lowest BCUT2D eigenvalue weighted by Gasteiger charge is -2.59. The first-order valence-corrected chi connectivity index (χ1v) is 10.2. The van der Waals surface area contributed by atoms with Gasteiger partial charge in [-0.25, -0.2) is 4.39 Å². The molecule has 4 bridgehead atoms. The first-order valence-electron chi connectivity index (χ1n) is 9.84. The minimum Gasteiger partial charge on any atom is -0.476 e. The van der Waals surface area contributed by atoms with E-state index in [1.807, 2.05) is 0 Å². The predicted molar refractivity (Wildman–Crippen MR) is 103 cm³/mol. The maximum Gasteiger partial charge on any atom is 0.263 e. The highest BCUT2D eigenvalue weighted by Gasteiger charge is 2.58. The quantitative estimate of drug-likeness (QED) is 0.783. The summed E-state index contributed by atoms with van der Waals surface area (Å²) in [5.74, 6) is 0.448. The maximum atomic E-state index is 13.3. The van der Waals surface area contributed by atoms with E-state index in [0.29, 0.717) is 5.92 Å². The molecule has 28 heavy (non-hydrogen) atoms. The number of ether oxygens (including phenoxy) is 1. The second-order valence-corrected chi connectivity index (χ2v) is 9.71. The van der Waals surface area contributed by atoms with Crippen LogP contribution in [0.15, 0.2) is 18.2 Å². The predicted octanol–water partition coefficient (Wildman–Crippen LogP) is 3.43. The van der Waals surface area contributed by atoms with Gasteiger partial charge in [-0.05, 0) is 81.9 Å². The number of carbonyl (C=O) groups is 2. The summed E-state index contributed by atoms with van der Waals surface area (Å²) in [5, 5.41) is 3.30. The Morgan fingerprint density at radius 3 is 2.46 bits per heavy atom. The second-order valence-electron chi connectivity index (χ2n) is 9.30. The third kappa shape index (κ3) is 3.25. The molecule has 0 aromatic heterocycles. The summed E-state index contributed by atoms with van der Waals surface area (Å²) in [6.45, 7) is 3.34. The third-order valence-electron chi connectivity index (χ3n) is 6.90. The van der Waals surface area contributed by atoms with Crippen molar-refractivity contribution in [3.8, 4) is 5.75 Å². The topological polar surface area (TPSA) is 81.4 Å². The van der Waals surface area contributed by atoms with Crippen molar-refractivity contribution < 1.29 is 18.7 Å². The van der Waals surface area contributed by atoms with Gasteiger partial charge in [0.2, 0.25) is 5.91 Å². The SMILES string of the molecule is CC(C)(Oc1ccc(F)cc1Cl)C(=O)NC1C2CC3CC1CC(C(N)=O)(C3)C2. The molecule has 2 amide bonds. The van der Waals surface area contributed by atoms with Gasteiger partial charge in [-0.15, -0.1) is 0 Å². The van der Waals surface area contributed by atoms with E-state index >= 15 is 0 Å². The Morgan fingerprint density at radius 1 is 1.25 bits per heavy atom. The molecular formula is C21H26ClFN2O3. The fourth-order valence-electron chi connectivity index (χ4n) is 5.77. The van der Waals surface area contributed by atoms with E-state index < -0.39 is 11.4 Å². The molecule has 4 saturated carbocycles. The van der Waals surface area contributed by atoms with Gasteiger partial charge in [-0.2, -0.15) is 0 Å². The second kappa shape index (κ2) is 6.61. The van der Waals surface area contributed by atoms with Gasteiger partial charge < -0.3 is 15.8 Å². The summed E-state index contributed by atoms with van der Waals surface area (Å²) in [6.07, 6.45) is 4.47. The van der Waals surface area contributed by atoms with Crippen LogP contribution in [0.3, 0.4) is 0 Å². The highest BCUT2D eigenvalue weighted by Crippen LogP contribution is 2.59. The van der Waals surface area contributed by atoms with Gasteiger partial charge in [-0.3, -0.25) is 9.59 Å². The normalized spacial score (nSPS) is 33.6. The van der Waals surface area contributed by atoms with Crippen molar-refractivity contribution in [2.45, 2.75) is 57.6 Å². The molecule has 0 saturated heterocycles. The lowest BCUT2D eigenvalue weighted by Crippen LogP contribution is -2.63. The molecule has 0 aliphatic heterocycles. The van der Waals surface area contributed by atoms with Crippen LogP contribution < -0.4 is 15.8 Å². The van der Waals surface area contributed by atoms with E-state index in [2.05, 4.69) is 5.32 Å². The zero-order valence-electron chi connectivity index (χ0n) is 16.1. The van der Waals surface area contributed by atoms with Crippen molar-refractivity contribution in [1.82, 2.24) is 5.32 Å². The Bertz CT molecular complexity index is 812. The number of hydrogen-bond acceptors (Lipinski definition) is 3. The monoisotopic (exact) mass is 408 g/mol. The number of halogens is 2. The van der Waals surface area contributed by atoms with Crippen LogP contribution in [0, 0.1) is 29.0 Å². The van der Waals surface area contributed by atoms with Gasteiger partial charge in [-0.1, -0.05) is 11.6 Å². The molecule has 1 aromatic rings. The van der Waals surface area contributed by atoms with Crippen molar-refractivity contribution in [3.05, 3.63) is 29.0 Å². The number of hydrogen-bond donors (Lipinski definition) is 2. The molecule has 0 radical (unpaired) electrons. The minimum atomic E-state index is -1.17. The molecule has 3 N–H and O–H groups in total. The first kappa shape index (κ1) is 19.5. The fourth-order valence-corrected chi connectivity index (χ4v) is 5.97. The summed E-state index contributed by atoms with van der Waals surface area (Å²) in [6, 6.07) is 3.86. The van der Waals surface area contributed by atoms with Crippen molar-refractivity contribution >= 4 is 23.4 Å². The van der Waals surface area contributed by atoms with Gasteiger partial charge in [0.15, 0.2) is 5.60 Å². The van der Waals surface area contributed by atoms with Crippen molar-refractivity contribution in [3.63, 3.8) is 0 Å². The Kier molecular flexibility index (Phi) is 4.60. The first-order chi connectivity index (χ1) is 13.1. The molecular weight excluding hydrogens is 383 g/mol. The van der Waals surface area contributed by atoms with E-state index in [9.17, 15) is 14.0 Å². The van der Waals surface area contributed by atoms with Crippen LogP contribution in [0.5, 0.6) is 5.75 Å². The average molecular weight is 409 g/mol. The van der Waals surface area contributed by atoms with Gasteiger partial charge in [0.25, 0.3) is 5.91 Å². The third-order valence-corrected chi connectivity index (χ3v) is 7.19. The summed E-state index contributed by atoms with van der Waals surface area (Å²) >= 11 is 6.04. The fraction of sp³-hybridized carbons (Fsp3) is 0.619. The van der Waals surface area contributed by atoms with Gasteiger partial charge in [0, 0.05) is 11.5 Å². The molecule has 1 aromatic carbocycles. The summed E-state index contributed by atoms with van der Waals surface area (Å²) in [5.41, 5.74) is 4.18. The molecule has 5 rings (SSSR count). The Morgan fingerprint density at radius 2 is 1.89 bits per heavy atom. The Labute approximate surface area is 169 Å². The lowest BCUT2D eigenvalue weighted by atomic mass is 9.47. The number of amides is 2. The standard InChI is InChI=1S/C21H26ClFN2O3/c1-20(2,28-16-4-3-14(23)7-15(16)22)19(27)25-17-12-5-11-6-13(17)10-21(8-11,9-12)18(24)26/h3-4,7,11-13,17H,5-6,8-10H2,1-2H3,(H2,24,26)(H,25,27). The highest BCUT2D eigenvalue weighted by molar-refractivity contribution is 6.32. The molecule has 4 fully saturated rings. The zero-order valence-corrected chi connectivity index (χ0v) is 16.9. The molecule has 2 atom stereocenters. The molecule has 7 heteroatoms. The Balaban J connectivity index is 1.47. The van der Waals surface area contributed by atoms with Crippen molar-refractivity contribution in [2.24, 2.45) is 28.9 Å². The van der Waals surface area contributed by atoms with Crippen molar-refractivity contribution in [1.29, 1.82) is 0 Å². The number of benzene rings is 1. The maximum absolute atomic E-state index is 13.3. The van der Waals surface area contributed by atoms with Crippen LogP contribution in [-0.4, -0.2) is 23.5 Å². The smallest absolute Gasteiger partial charge is 0.263 e. The van der Waals surface area contributed by atoms with Gasteiger partial charge >= 0.3 is 0 Å². The van der Waals surface area contributed by atoms with E-state index in [4.69, 9.17) is 22.1 Å². The summed E-state index contributed by atoms with van der Waals surface area (Å²) in [7, 11) is 0. The molecule has 2 unspecified atom stereocenters. The highest BCUT2D eigenvalue weighted by atomic mass is 35.5. The van der Waals surface area contributed by atoms with Crippen LogP contribution in [0.4, 0.5) is 4.39 Å². The summed E-state index contributed by atoms with van der Waals surface area (Å²) in [4.78, 5) is 25.1. The van der Waals surface area contributed by atoms with Crippen LogP contribution in [0.25, 0.3) is 0 Å². The number of nitrogens with two attached hydrogens (primary N) is 1. The average Bonchev–Trinajstić information content (AvgIpc) is 2.59. The molecule has 4 aliphatic carbocycles. The number of nitrogens with one attached hydrogen (secondary N) is 1. The number of rotatable bonds is 5. The van der Waals surface area contributed by atoms with E-state index in [1.54, 1.807) is 13.8 Å². The molecule has 0 spiro atoms. The molecule has 0 heterocycles. The van der Waals surface area contributed by atoms with Crippen molar-refractivity contribution in [2.75, 3.05) is 0 Å². The zero-order chi connectivity index (χ0) is 20.3. The molecule has 4 aliphatic rings. The van der Waals surface area contributed by atoms with Gasteiger partial charge in [0.05, 0.1) is 5.02 Å². The van der Waals surface area contributed by atoms with Gasteiger partial charge in [0.1, 0.15) is 11.6 Å². The number of carbonyl (C=O) groups excluding carboxylic acids is 2. The molecule has 152 valence electrons. The lowest BCUT2D eigenvalue weighted by molar-refractivity contribution is -0.150. The largest absolute Gasteiger partial charge is 0.476 e. The Hall–Kier alpha value is -1.82. The van der Waals surface area contributed by atoms with Crippen LogP contribution in [-0.2, 0) is 9.59 Å². The van der Waals surface area contributed by atoms with Crippen LogP contribution in [0.1, 0.15) is 46.0 Å². The molecule has 5 nitrogen and oxygen atoms in total. The van der Waals surface area contributed by atoms with Crippen LogP contribution >= 0.6 is 11.6 Å². The van der Waals surface area contributed by atoms with E-state index in [-0.39, 0.29) is 45.9 Å². The van der Waals surface area contributed by atoms with Crippen LogP contribution in [0.2, 0.25) is 5.02 Å².